The van der Waals surface area contributed by atoms with Crippen LogP contribution in [0.4, 0.5) is 5.69 Å². The van der Waals surface area contributed by atoms with Crippen molar-refractivity contribution in [3.63, 3.8) is 0 Å². The zero-order valence-electron chi connectivity index (χ0n) is 17.4. The fourth-order valence-electron chi connectivity index (χ4n) is 3.14. The van der Waals surface area contributed by atoms with Crippen molar-refractivity contribution in [1.29, 1.82) is 0 Å². The number of carbonyl (C=O) groups excluding carboxylic acids is 2. The summed E-state index contributed by atoms with van der Waals surface area (Å²) in [6.07, 6.45) is 1.70. The van der Waals surface area contributed by atoms with Crippen molar-refractivity contribution in [3.8, 4) is 11.3 Å². The number of amides is 1. The summed E-state index contributed by atoms with van der Waals surface area (Å²) in [5.74, 6) is -0.162. The number of aromatic amines is 1. The van der Waals surface area contributed by atoms with Crippen LogP contribution in [-0.4, -0.2) is 47.2 Å². The summed E-state index contributed by atoms with van der Waals surface area (Å²) in [6.45, 7) is 5.73. The van der Waals surface area contributed by atoms with Gasteiger partial charge in [-0.15, -0.1) is 0 Å². The lowest BCUT2D eigenvalue weighted by atomic mass is 10.1. The lowest BCUT2D eigenvalue weighted by molar-refractivity contribution is 0.0387. The van der Waals surface area contributed by atoms with E-state index in [2.05, 4.69) is 20.3 Å². The van der Waals surface area contributed by atoms with Gasteiger partial charge in [-0.2, -0.15) is 0 Å². The highest BCUT2D eigenvalue weighted by Gasteiger charge is 2.23. The number of aromatic nitrogens is 3. The van der Waals surface area contributed by atoms with Crippen molar-refractivity contribution in [2.24, 2.45) is 0 Å². The normalized spacial score (nSPS) is 10.7. The molecule has 156 valence electrons. The molecule has 0 fully saturated rings. The fourth-order valence-corrected chi connectivity index (χ4v) is 3.14. The first kappa shape index (κ1) is 21.2. The Kier molecular flexibility index (Phi) is 6.58. The average Bonchev–Trinajstić information content (AvgIpc) is 3.02. The SMILES string of the molecule is COCCOC(=O)c1c(C)[nH]c(C(=O)Nc2cccc(-c3ccnc(C)n3)c2)c1C. The molecular formula is C22H24N4O4. The number of esters is 1. The summed E-state index contributed by atoms with van der Waals surface area (Å²) in [5.41, 5.74) is 4.03. The Balaban J connectivity index is 1.79. The Morgan fingerprint density at radius 1 is 1.13 bits per heavy atom. The van der Waals surface area contributed by atoms with E-state index < -0.39 is 5.97 Å². The molecule has 0 atom stereocenters. The smallest absolute Gasteiger partial charge is 0.340 e. The number of anilines is 1. The minimum atomic E-state index is -0.488. The third-order valence-electron chi connectivity index (χ3n) is 4.58. The third-order valence-corrected chi connectivity index (χ3v) is 4.58. The maximum Gasteiger partial charge on any atom is 0.340 e. The zero-order valence-corrected chi connectivity index (χ0v) is 17.4. The maximum atomic E-state index is 12.8. The highest BCUT2D eigenvalue weighted by atomic mass is 16.6. The molecule has 0 radical (unpaired) electrons. The van der Waals surface area contributed by atoms with Crippen LogP contribution in [0.15, 0.2) is 36.5 Å². The second kappa shape index (κ2) is 9.32. The van der Waals surface area contributed by atoms with E-state index in [-0.39, 0.29) is 12.5 Å². The monoisotopic (exact) mass is 408 g/mol. The number of hydrogen-bond donors (Lipinski definition) is 2. The molecule has 8 nitrogen and oxygen atoms in total. The molecule has 2 heterocycles. The number of rotatable bonds is 7. The molecular weight excluding hydrogens is 384 g/mol. The van der Waals surface area contributed by atoms with Gasteiger partial charge in [0.05, 0.1) is 17.9 Å². The topological polar surface area (TPSA) is 106 Å². The summed E-state index contributed by atoms with van der Waals surface area (Å²) in [4.78, 5) is 36.7. The van der Waals surface area contributed by atoms with Crippen molar-refractivity contribution in [3.05, 3.63) is 64.9 Å². The van der Waals surface area contributed by atoms with Crippen LogP contribution >= 0.6 is 0 Å². The molecule has 1 amide bonds. The molecule has 3 rings (SSSR count). The molecule has 0 aliphatic carbocycles. The number of hydrogen-bond acceptors (Lipinski definition) is 6. The molecule has 0 saturated carbocycles. The van der Waals surface area contributed by atoms with Gasteiger partial charge in [-0.1, -0.05) is 12.1 Å². The van der Waals surface area contributed by atoms with E-state index >= 15 is 0 Å². The second-order valence-corrected chi connectivity index (χ2v) is 6.78. The Labute approximate surface area is 174 Å². The number of ether oxygens (including phenoxy) is 2. The standard InChI is InChI=1S/C22H24N4O4/c1-13-19(22(28)30-11-10-29-4)14(2)24-20(13)21(27)26-17-7-5-6-16(12-17)18-8-9-23-15(3)25-18/h5-9,12,24H,10-11H2,1-4H3,(H,26,27). The van der Waals surface area contributed by atoms with Crippen LogP contribution in [0.25, 0.3) is 11.3 Å². The second-order valence-electron chi connectivity index (χ2n) is 6.78. The maximum absolute atomic E-state index is 12.8. The molecule has 0 spiro atoms. The first-order valence-corrected chi connectivity index (χ1v) is 9.47. The number of H-pyrrole nitrogens is 1. The fraction of sp³-hybridized carbons (Fsp3) is 0.273. The highest BCUT2D eigenvalue weighted by molar-refractivity contribution is 6.07. The Bertz CT molecular complexity index is 1070. The van der Waals surface area contributed by atoms with Gasteiger partial charge < -0.3 is 19.8 Å². The summed E-state index contributed by atoms with van der Waals surface area (Å²) in [5, 5.41) is 2.87. The molecule has 8 heteroatoms. The summed E-state index contributed by atoms with van der Waals surface area (Å²) >= 11 is 0. The first-order valence-electron chi connectivity index (χ1n) is 9.47. The van der Waals surface area contributed by atoms with Gasteiger partial charge in [-0.25, -0.2) is 14.8 Å². The van der Waals surface area contributed by atoms with Gasteiger partial charge in [-0.05, 0) is 44.5 Å². The molecule has 0 aliphatic heterocycles. The van der Waals surface area contributed by atoms with Gasteiger partial charge >= 0.3 is 5.97 Å². The van der Waals surface area contributed by atoms with Gasteiger partial charge in [0.25, 0.3) is 5.91 Å². The van der Waals surface area contributed by atoms with Crippen LogP contribution in [0.3, 0.4) is 0 Å². The third kappa shape index (κ3) is 4.72. The van der Waals surface area contributed by atoms with Crippen LogP contribution in [0.1, 0.15) is 37.9 Å². The molecule has 0 saturated heterocycles. The van der Waals surface area contributed by atoms with E-state index in [1.165, 1.54) is 7.11 Å². The van der Waals surface area contributed by atoms with Crippen molar-refractivity contribution < 1.29 is 19.1 Å². The number of benzene rings is 1. The number of aryl methyl sites for hydroxylation is 2. The van der Waals surface area contributed by atoms with E-state index in [0.29, 0.717) is 40.6 Å². The Hall–Kier alpha value is -3.52. The van der Waals surface area contributed by atoms with E-state index in [1.54, 1.807) is 26.1 Å². The average molecular weight is 408 g/mol. The molecule has 0 bridgehead atoms. The summed E-state index contributed by atoms with van der Waals surface area (Å²) in [6, 6.07) is 9.20. The molecule has 2 aromatic heterocycles. The van der Waals surface area contributed by atoms with Crippen LogP contribution < -0.4 is 5.32 Å². The van der Waals surface area contributed by atoms with Gasteiger partial charge in [0.2, 0.25) is 0 Å². The van der Waals surface area contributed by atoms with Gasteiger partial charge in [0, 0.05) is 30.3 Å². The van der Waals surface area contributed by atoms with E-state index in [9.17, 15) is 9.59 Å². The van der Waals surface area contributed by atoms with Crippen molar-refractivity contribution in [1.82, 2.24) is 15.0 Å². The van der Waals surface area contributed by atoms with Crippen LogP contribution in [0.5, 0.6) is 0 Å². The molecule has 0 aliphatic rings. The zero-order chi connectivity index (χ0) is 21.7. The molecule has 1 aromatic carbocycles. The number of methoxy groups -OCH3 is 1. The van der Waals surface area contributed by atoms with Gasteiger partial charge in [0.15, 0.2) is 0 Å². The van der Waals surface area contributed by atoms with Gasteiger partial charge in [-0.3, -0.25) is 4.79 Å². The summed E-state index contributed by atoms with van der Waals surface area (Å²) in [7, 11) is 1.53. The summed E-state index contributed by atoms with van der Waals surface area (Å²) < 4.78 is 10.1. The predicted octanol–water partition coefficient (Wildman–Crippen LogP) is 3.45. The van der Waals surface area contributed by atoms with E-state index in [0.717, 1.165) is 11.3 Å². The van der Waals surface area contributed by atoms with Crippen molar-refractivity contribution >= 4 is 17.6 Å². The van der Waals surface area contributed by atoms with E-state index in [4.69, 9.17) is 9.47 Å². The first-order chi connectivity index (χ1) is 14.4. The van der Waals surface area contributed by atoms with Crippen LogP contribution in [0.2, 0.25) is 0 Å². The lowest BCUT2D eigenvalue weighted by Crippen LogP contribution is -2.14. The number of carbonyl (C=O) groups is 2. The minimum absolute atomic E-state index is 0.149. The molecule has 2 N–H and O–H groups in total. The quantitative estimate of drug-likeness (QED) is 0.458. The van der Waals surface area contributed by atoms with Crippen molar-refractivity contribution in [2.45, 2.75) is 20.8 Å². The molecule has 3 aromatic rings. The highest BCUT2D eigenvalue weighted by Crippen LogP contribution is 2.23. The van der Waals surface area contributed by atoms with Crippen LogP contribution in [-0.2, 0) is 9.47 Å². The van der Waals surface area contributed by atoms with E-state index in [1.807, 2.05) is 31.2 Å². The van der Waals surface area contributed by atoms with Crippen LogP contribution in [0, 0.1) is 20.8 Å². The molecule has 0 unspecified atom stereocenters. The van der Waals surface area contributed by atoms with Crippen molar-refractivity contribution in [2.75, 3.05) is 25.6 Å². The molecule has 30 heavy (non-hydrogen) atoms. The minimum Gasteiger partial charge on any atom is -0.460 e. The number of nitrogens with one attached hydrogen (secondary N) is 2. The lowest BCUT2D eigenvalue weighted by Gasteiger charge is -2.08. The number of nitrogens with zero attached hydrogens (tertiary/aromatic N) is 2. The largest absolute Gasteiger partial charge is 0.460 e. The predicted molar refractivity (Wildman–Crippen MR) is 113 cm³/mol. The Morgan fingerprint density at radius 2 is 1.93 bits per heavy atom. The van der Waals surface area contributed by atoms with Gasteiger partial charge in [0.1, 0.15) is 18.1 Å². The Morgan fingerprint density at radius 3 is 2.67 bits per heavy atom.